The van der Waals surface area contributed by atoms with Gasteiger partial charge in [-0.2, -0.15) is 0 Å². The molecule has 0 aliphatic rings. The van der Waals surface area contributed by atoms with Crippen molar-refractivity contribution in [2.24, 2.45) is 0 Å². The Morgan fingerprint density at radius 2 is 2.00 bits per heavy atom. The van der Waals surface area contributed by atoms with Crippen LogP contribution in [0.3, 0.4) is 0 Å². The predicted molar refractivity (Wildman–Crippen MR) is 88.2 cm³/mol. The van der Waals surface area contributed by atoms with Crippen LogP contribution in [0.1, 0.15) is 11.1 Å². The van der Waals surface area contributed by atoms with Gasteiger partial charge in [-0.15, -0.1) is 6.42 Å². The van der Waals surface area contributed by atoms with Crippen LogP contribution in [-0.4, -0.2) is 11.7 Å². The van der Waals surface area contributed by atoms with E-state index in [-0.39, 0.29) is 13.2 Å². The van der Waals surface area contributed by atoms with Crippen LogP contribution in [0.25, 0.3) is 0 Å². The summed E-state index contributed by atoms with van der Waals surface area (Å²) < 4.78 is 6.51. The first-order valence-electron chi connectivity index (χ1n) is 6.52. The molecule has 0 fully saturated rings. The summed E-state index contributed by atoms with van der Waals surface area (Å²) in [6, 6.07) is 13.4. The van der Waals surface area contributed by atoms with Gasteiger partial charge in [0.25, 0.3) is 0 Å². The molecule has 0 amide bonds. The number of nitrogens with one attached hydrogen (secondary N) is 1. The summed E-state index contributed by atoms with van der Waals surface area (Å²) in [5.74, 6) is 3.22. The lowest BCUT2D eigenvalue weighted by atomic mass is 10.1. The monoisotopic (exact) mass is 345 g/mol. The van der Waals surface area contributed by atoms with Gasteiger partial charge in [-0.1, -0.05) is 40.0 Å². The largest absolute Gasteiger partial charge is 0.481 e. The minimum atomic E-state index is 0.00209. The van der Waals surface area contributed by atoms with Crippen molar-refractivity contribution in [3.8, 4) is 18.1 Å². The molecule has 0 aliphatic carbocycles. The molecule has 0 unspecified atom stereocenters. The van der Waals surface area contributed by atoms with Gasteiger partial charge in [0, 0.05) is 27.8 Å². The van der Waals surface area contributed by atoms with E-state index in [9.17, 15) is 5.11 Å². The van der Waals surface area contributed by atoms with E-state index in [0.717, 1.165) is 27.0 Å². The molecule has 0 saturated heterocycles. The maximum absolute atomic E-state index is 9.34. The summed E-state index contributed by atoms with van der Waals surface area (Å²) in [5, 5.41) is 12.6. The van der Waals surface area contributed by atoms with Crippen molar-refractivity contribution >= 4 is 21.6 Å². The molecule has 0 heterocycles. The second-order valence-corrected chi connectivity index (χ2v) is 5.33. The number of benzene rings is 2. The van der Waals surface area contributed by atoms with Crippen LogP contribution in [0.15, 0.2) is 46.9 Å². The van der Waals surface area contributed by atoms with E-state index in [1.165, 1.54) is 0 Å². The van der Waals surface area contributed by atoms with Gasteiger partial charge in [-0.25, -0.2) is 0 Å². The van der Waals surface area contributed by atoms with Crippen LogP contribution in [0.4, 0.5) is 5.69 Å². The maximum Gasteiger partial charge on any atom is 0.148 e. The van der Waals surface area contributed by atoms with E-state index in [2.05, 4.69) is 27.2 Å². The van der Waals surface area contributed by atoms with Gasteiger partial charge in [0.1, 0.15) is 12.4 Å². The third-order valence-electron chi connectivity index (χ3n) is 2.99. The summed E-state index contributed by atoms with van der Waals surface area (Å²) in [5.41, 5.74) is 2.76. The number of para-hydroxylation sites is 1. The predicted octanol–water partition coefficient (Wildman–Crippen LogP) is 3.57. The van der Waals surface area contributed by atoms with Crippen LogP contribution >= 0.6 is 15.9 Å². The molecule has 0 atom stereocenters. The number of rotatable bonds is 6. The number of ether oxygens (including phenoxy) is 1. The highest BCUT2D eigenvalue weighted by Crippen LogP contribution is 2.25. The number of aliphatic hydroxyl groups is 1. The van der Waals surface area contributed by atoms with Crippen LogP contribution < -0.4 is 10.1 Å². The fourth-order valence-electron chi connectivity index (χ4n) is 1.97. The summed E-state index contributed by atoms with van der Waals surface area (Å²) in [7, 11) is 0. The Morgan fingerprint density at radius 1 is 1.19 bits per heavy atom. The van der Waals surface area contributed by atoms with Gasteiger partial charge in [0.2, 0.25) is 0 Å². The summed E-state index contributed by atoms with van der Waals surface area (Å²) in [4.78, 5) is 0. The Hall–Kier alpha value is -1.96. The standard InChI is InChI=1S/C17H16BrNO2/c1-2-9-21-17-8-7-15(18)10-14(17)11-19-16-6-4-3-5-13(16)12-20/h1,3-8,10,19-20H,9,11-12H2. The van der Waals surface area contributed by atoms with E-state index in [0.29, 0.717) is 6.54 Å². The minimum Gasteiger partial charge on any atom is -0.481 e. The molecule has 0 aromatic heterocycles. The zero-order chi connectivity index (χ0) is 15.1. The highest BCUT2D eigenvalue weighted by Gasteiger charge is 2.06. The molecule has 4 heteroatoms. The van der Waals surface area contributed by atoms with Crippen molar-refractivity contribution in [3.05, 3.63) is 58.1 Å². The molecule has 0 bridgehead atoms. The van der Waals surface area contributed by atoms with Gasteiger partial charge in [0.15, 0.2) is 0 Å². The Bertz CT molecular complexity index is 649. The van der Waals surface area contributed by atoms with Crippen LogP contribution in [0.5, 0.6) is 5.75 Å². The van der Waals surface area contributed by atoms with Gasteiger partial charge in [-0.3, -0.25) is 0 Å². The Morgan fingerprint density at radius 3 is 2.76 bits per heavy atom. The zero-order valence-electron chi connectivity index (χ0n) is 11.5. The van der Waals surface area contributed by atoms with Gasteiger partial charge in [-0.05, 0) is 24.3 Å². The molecule has 2 aromatic rings. The molecular weight excluding hydrogens is 330 g/mol. The molecule has 2 aromatic carbocycles. The van der Waals surface area contributed by atoms with E-state index in [1.54, 1.807) is 0 Å². The van der Waals surface area contributed by atoms with E-state index < -0.39 is 0 Å². The number of hydrogen-bond donors (Lipinski definition) is 2. The SMILES string of the molecule is C#CCOc1ccc(Br)cc1CNc1ccccc1CO. The molecule has 0 saturated carbocycles. The normalized spacial score (nSPS) is 9.95. The fourth-order valence-corrected chi connectivity index (χ4v) is 2.38. The topological polar surface area (TPSA) is 41.5 Å². The third kappa shape index (κ3) is 4.25. The second-order valence-electron chi connectivity index (χ2n) is 4.41. The molecule has 0 spiro atoms. The number of hydrogen-bond acceptors (Lipinski definition) is 3. The van der Waals surface area contributed by atoms with Crippen molar-refractivity contribution in [2.75, 3.05) is 11.9 Å². The Balaban J connectivity index is 2.15. The quantitative estimate of drug-likeness (QED) is 0.786. The number of terminal acetylenes is 1. The molecule has 0 radical (unpaired) electrons. The molecule has 2 rings (SSSR count). The summed E-state index contributed by atoms with van der Waals surface area (Å²) >= 11 is 3.46. The first kappa shape index (κ1) is 15.4. The molecule has 2 N–H and O–H groups in total. The average Bonchev–Trinajstić information content (AvgIpc) is 2.52. The minimum absolute atomic E-state index is 0.00209. The van der Waals surface area contributed by atoms with Crippen LogP contribution in [-0.2, 0) is 13.2 Å². The average molecular weight is 346 g/mol. The molecule has 21 heavy (non-hydrogen) atoms. The number of halogens is 1. The summed E-state index contributed by atoms with van der Waals surface area (Å²) in [6.45, 7) is 0.820. The zero-order valence-corrected chi connectivity index (χ0v) is 13.1. The van der Waals surface area contributed by atoms with Gasteiger partial charge in [0.05, 0.1) is 6.61 Å². The van der Waals surface area contributed by atoms with Crippen molar-refractivity contribution in [1.29, 1.82) is 0 Å². The lowest BCUT2D eigenvalue weighted by molar-refractivity contribution is 0.282. The first-order chi connectivity index (χ1) is 10.2. The van der Waals surface area contributed by atoms with E-state index in [1.807, 2.05) is 42.5 Å². The van der Waals surface area contributed by atoms with Gasteiger partial charge < -0.3 is 15.2 Å². The smallest absolute Gasteiger partial charge is 0.148 e. The molecule has 108 valence electrons. The summed E-state index contributed by atoms with van der Waals surface area (Å²) in [6.07, 6.45) is 5.23. The van der Waals surface area contributed by atoms with Crippen molar-refractivity contribution in [3.63, 3.8) is 0 Å². The third-order valence-corrected chi connectivity index (χ3v) is 3.48. The van der Waals surface area contributed by atoms with Crippen molar-refractivity contribution in [1.82, 2.24) is 0 Å². The maximum atomic E-state index is 9.34. The lowest BCUT2D eigenvalue weighted by Gasteiger charge is -2.14. The Labute approximate surface area is 133 Å². The van der Waals surface area contributed by atoms with Crippen molar-refractivity contribution < 1.29 is 9.84 Å². The molecule has 3 nitrogen and oxygen atoms in total. The Kier molecular flexibility index (Phi) is 5.68. The fraction of sp³-hybridized carbons (Fsp3) is 0.176. The number of aliphatic hydroxyl groups excluding tert-OH is 1. The van der Waals surface area contributed by atoms with E-state index >= 15 is 0 Å². The molecule has 0 aliphatic heterocycles. The molecular formula is C17H16BrNO2. The van der Waals surface area contributed by atoms with Crippen LogP contribution in [0, 0.1) is 12.3 Å². The first-order valence-corrected chi connectivity index (χ1v) is 7.31. The van der Waals surface area contributed by atoms with E-state index in [4.69, 9.17) is 11.2 Å². The van der Waals surface area contributed by atoms with Crippen molar-refractivity contribution in [2.45, 2.75) is 13.2 Å². The van der Waals surface area contributed by atoms with Crippen LogP contribution in [0.2, 0.25) is 0 Å². The highest BCUT2D eigenvalue weighted by atomic mass is 79.9. The second kappa shape index (κ2) is 7.72. The number of anilines is 1. The lowest BCUT2D eigenvalue weighted by Crippen LogP contribution is -2.05. The highest BCUT2D eigenvalue weighted by molar-refractivity contribution is 9.10. The van der Waals surface area contributed by atoms with Gasteiger partial charge >= 0.3 is 0 Å².